The first-order valence-corrected chi connectivity index (χ1v) is 12.3. The lowest BCUT2D eigenvalue weighted by Crippen LogP contribution is -2.43. The van der Waals surface area contributed by atoms with E-state index >= 15 is 0 Å². The first-order chi connectivity index (χ1) is 17.1. The number of rotatable bonds is 6. The highest BCUT2D eigenvalue weighted by Gasteiger charge is 2.24. The molecule has 0 spiro atoms. The second kappa shape index (κ2) is 9.20. The molecule has 1 aliphatic heterocycles. The van der Waals surface area contributed by atoms with Crippen molar-refractivity contribution in [3.05, 3.63) is 71.5 Å². The van der Waals surface area contributed by atoms with Crippen LogP contribution in [0.25, 0.3) is 16.8 Å². The Kier molecular flexibility index (Phi) is 5.75. The van der Waals surface area contributed by atoms with E-state index in [9.17, 15) is 4.79 Å². The summed E-state index contributed by atoms with van der Waals surface area (Å²) in [6.07, 6.45) is 3.98. The first-order valence-electron chi connectivity index (χ1n) is 11.9. The minimum absolute atomic E-state index is 0.262. The largest absolute Gasteiger partial charge is 0.369 e. The minimum atomic E-state index is -0.262. The Balaban J connectivity index is 1.34. The van der Waals surface area contributed by atoms with Gasteiger partial charge in [-0.15, -0.1) is 0 Å². The molecule has 1 amide bonds. The van der Waals surface area contributed by atoms with Crippen LogP contribution in [0.4, 0.5) is 17.2 Å². The summed E-state index contributed by atoms with van der Waals surface area (Å²) in [5, 5.41) is 15.1. The maximum absolute atomic E-state index is 13.3. The van der Waals surface area contributed by atoms with Gasteiger partial charge >= 0.3 is 0 Å². The molecule has 3 heterocycles. The molecular weight excluding hydrogens is 462 g/mol. The SMILES string of the molecule is O=C(Nc1cccc(N2CCNCC2)c1)c1cc(NC2CC2)n2ncc(-c3cccc(Cl)c3)c2n1. The van der Waals surface area contributed by atoms with Crippen LogP contribution in [-0.4, -0.2) is 52.7 Å². The van der Waals surface area contributed by atoms with Gasteiger partial charge in [0, 0.05) is 60.2 Å². The van der Waals surface area contributed by atoms with Gasteiger partial charge in [0.2, 0.25) is 0 Å². The summed E-state index contributed by atoms with van der Waals surface area (Å²) in [5.74, 6) is 0.493. The average Bonchev–Trinajstić information content (AvgIpc) is 3.59. The van der Waals surface area contributed by atoms with Crippen molar-refractivity contribution in [1.29, 1.82) is 0 Å². The predicted octanol–water partition coefficient (Wildman–Crippen LogP) is 4.29. The quantitative estimate of drug-likeness (QED) is 0.376. The van der Waals surface area contributed by atoms with E-state index in [1.807, 2.05) is 42.5 Å². The van der Waals surface area contributed by atoms with Crippen molar-refractivity contribution in [2.75, 3.05) is 41.7 Å². The predicted molar refractivity (Wildman–Crippen MR) is 140 cm³/mol. The van der Waals surface area contributed by atoms with Gasteiger partial charge in [-0.25, -0.2) is 4.98 Å². The second-order valence-electron chi connectivity index (χ2n) is 8.99. The number of aromatic nitrogens is 3. The van der Waals surface area contributed by atoms with Crippen molar-refractivity contribution < 1.29 is 4.79 Å². The molecule has 2 aromatic carbocycles. The smallest absolute Gasteiger partial charge is 0.274 e. The van der Waals surface area contributed by atoms with Crippen LogP contribution in [-0.2, 0) is 0 Å². The zero-order chi connectivity index (χ0) is 23.8. The van der Waals surface area contributed by atoms with E-state index in [1.54, 1.807) is 16.8 Å². The van der Waals surface area contributed by atoms with Crippen molar-refractivity contribution in [3.63, 3.8) is 0 Å². The Bertz CT molecular complexity index is 1390. The number of amides is 1. The first kappa shape index (κ1) is 21.9. The fourth-order valence-electron chi connectivity index (χ4n) is 4.38. The fraction of sp³-hybridized carbons (Fsp3) is 0.269. The Hall–Kier alpha value is -3.62. The lowest BCUT2D eigenvalue weighted by Gasteiger charge is -2.29. The molecule has 2 aliphatic rings. The number of hydrogen-bond acceptors (Lipinski definition) is 6. The van der Waals surface area contributed by atoms with E-state index < -0.39 is 0 Å². The van der Waals surface area contributed by atoms with Gasteiger partial charge in [0.05, 0.1) is 6.20 Å². The van der Waals surface area contributed by atoms with E-state index in [4.69, 9.17) is 16.6 Å². The highest BCUT2D eigenvalue weighted by atomic mass is 35.5. The van der Waals surface area contributed by atoms with E-state index in [-0.39, 0.29) is 5.91 Å². The topological polar surface area (TPSA) is 86.6 Å². The number of piperazine rings is 1. The number of carbonyl (C=O) groups excluding carboxylic acids is 1. The molecule has 0 unspecified atom stereocenters. The molecule has 1 saturated carbocycles. The number of benzene rings is 2. The van der Waals surface area contributed by atoms with Crippen molar-refractivity contribution in [1.82, 2.24) is 19.9 Å². The summed E-state index contributed by atoms with van der Waals surface area (Å²) >= 11 is 6.23. The van der Waals surface area contributed by atoms with Gasteiger partial charge in [-0.1, -0.05) is 29.8 Å². The van der Waals surface area contributed by atoms with Crippen LogP contribution >= 0.6 is 11.6 Å². The number of halogens is 1. The third-order valence-corrected chi connectivity index (χ3v) is 6.59. The number of hydrogen-bond donors (Lipinski definition) is 3. The number of fused-ring (bicyclic) bond motifs is 1. The van der Waals surface area contributed by atoms with Gasteiger partial charge in [0.15, 0.2) is 5.65 Å². The standard InChI is InChI=1S/C26H26ClN7O/c27-18-4-1-3-17(13-18)22-16-29-34-24(30-19-7-8-19)15-23(32-25(22)34)26(35)31-20-5-2-6-21(14-20)33-11-9-28-10-12-33/h1-6,13-16,19,28,30H,7-12H2,(H,31,35). The van der Waals surface area contributed by atoms with Crippen LogP contribution < -0.4 is 20.9 Å². The number of anilines is 3. The van der Waals surface area contributed by atoms with Gasteiger partial charge in [-0.3, -0.25) is 4.79 Å². The summed E-state index contributed by atoms with van der Waals surface area (Å²) in [6, 6.07) is 17.7. The van der Waals surface area contributed by atoms with Crippen LogP contribution in [0.15, 0.2) is 60.8 Å². The molecule has 178 valence electrons. The van der Waals surface area contributed by atoms with Gasteiger partial charge in [-0.2, -0.15) is 9.61 Å². The zero-order valence-electron chi connectivity index (χ0n) is 19.2. The third-order valence-electron chi connectivity index (χ3n) is 6.36. The van der Waals surface area contributed by atoms with Crippen LogP contribution in [0.2, 0.25) is 5.02 Å². The van der Waals surface area contributed by atoms with Gasteiger partial charge in [-0.05, 0) is 48.7 Å². The van der Waals surface area contributed by atoms with Crippen molar-refractivity contribution in [3.8, 4) is 11.1 Å². The normalized spacial score (nSPS) is 15.9. The molecule has 9 heteroatoms. The van der Waals surface area contributed by atoms with Gasteiger partial charge < -0.3 is 20.9 Å². The molecule has 8 nitrogen and oxygen atoms in total. The van der Waals surface area contributed by atoms with Crippen molar-refractivity contribution >= 4 is 40.3 Å². The number of nitrogens with zero attached hydrogens (tertiary/aromatic N) is 4. The lowest BCUT2D eigenvalue weighted by molar-refractivity contribution is 0.102. The lowest BCUT2D eigenvalue weighted by atomic mass is 10.1. The van der Waals surface area contributed by atoms with Crippen molar-refractivity contribution in [2.45, 2.75) is 18.9 Å². The molecule has 3 N–H and O–H groups in total. The molecule has 1 aliphatic carbocycles. The molecule has 0 atom stereocenters. The zero-order valence-corrected chi connectivity index (χ0v) is 19.9. The van der Waals surface area contributed by atoms with Gasteiger partial charge in [0.1, 0.15) is 11.5 Å². The van der Waals surface area contributed by atoms with Crippen molar-refractivity contribution in [2.24, 2.45) is 0 Å². The Morgan fingerprint density at radius 3 is 2.69 bits per heavy atom. The Labute approximate surface area is 208 Å². The summed E-state index contributed by atoms with van der Waals surface area (Å²) < 4.78 is 1.76. The maximum atomic E-state index is 13.3. The molecular formula is C26H26ClN7O. The van der Waals surface area contributed by atoms with E-state index in [0.717, 1.165) is 67.3 Å². The molecule has 2 fully saturated rings. The minimum Gasteiger partial charge on any atom is -0.369 e. The highest BCUT2D eigenvalue weighted by Crippen LogP contribution is 2.30. The van der Waals surface area contributed by atoms with E-state index in [1.165, 1.54) is 0 Å². The number of carbonyl (C=O) groups is 1. The fourth-order valence-corrected chi connectivity index (χ4v) is 4.57. The highest BCUT2D eigenvalue weighted by molar-refractivity contribution is 6.30. The Morgan fingerprint density at radius 1 is 1.06 bits per heavy atom. The second-order valence-corrected chi connectivity index (χ2v) is 9.43. The van der Waals surface area contributed by atoms with Gasteiger partial charge in [0.25, 0.3) is 5.91 Å². The average molecular weight is 488 g/mol. The monoisotopic (exact) mass is 487 g/mol. The summed E-state index contributed by atoms with van der Waals surface area (Å²) in [5.41, 5.74) is 4.51. The molecule has 35 heavy (non-hydrogen) atoms. The van der Waals surface area contributed by atoms with E-state index in [0.29, 0.717) is 22.4 Å². The third kappa shape index (κ3) is 4.67. The molecule has 0 bridgehead atoms. The van der Waals surface area contributed by atoms with Crippen LogP contribution in [0.1, 0.15) is 23.3 Å². The molecule has 1 saturated heterocycles. The maximum Gasteiger partial charge on any atom is 0.274 e. The molecule has 2 aromatic heterocycles. The summed E-state index contributed by atoms with van der Waals surface area (Å²) in [6.45, 7) is 3.80. The Morgan fingerprint density at radius 2 is 1.89 bits per heavy atom. The van der Waals surface area contributed by atoms with E-state index in [2.05, 4.69) is 32.0 Å². The van der Waals surface area contributed by atoms with Crippen LogP contribution in [0.3, 0.4) is 0 Å². The molecule has 4 aromatic rings. The molecule has 0 radical (unpaired) electrons. The van der Waals surface area contributed by atoms with Crippen LogP contribution in [0.5, 0.6) is 0 Å². The number of nitrogens with one attached hydrogen (secondary N) is 3. The summed E-state index contributed by atoms with van der Waals surface area (Å²) in [7, 11) is 0. The molecule has 6 rings (SSSR count). The summed E-state index contributed by atoms with van der Waals surface area (Å²) in [4.78, 5) is 20.4. The van der Waals surface area contributed by atoms with Crippen LogP contribution in [0, 0.1) is 0 Å².